The number of hydrogen-bond donors (Lipinski definition) is 4. The number of aliphatic carboxylic acids is 1. The van der Waals surface area contributed by atoms with Crippen LogP contribution in [-0.2, 0) is 4.79 Å². The van der Waals surface area contributed by atoms with Crippen LogP contribution in [0.15, 0.2) is 0 Å². The highest BCUT2D eigenvalue weighted by Gasteiger charge is 2.09. The summed E-state index contributed by atoms with van der Waals surface area (Å²) in [5.41, 5.74) is 10.8. The van der Waals surface area contributed by atoms with E-state index in [1.54, 1.807) is 0 Å². The summed E-state index contributed by atoms with van der Waals surface area (Å²) in [5, 5.41) is 11.9. The minimum Gasteiger partial charge on any atom is -0.480 e. The molecule has 8 heteroatoms. The molecule has 5 nitrogen and oxygen atoms in total. The number of hydrogen-bond acceptors (Lipinski definition) is 4. The third kappa shape index (κ3) is 20.5. The van der Waals surface area contributed by atoms with Gasteiger partial charge < -0.3 is 21.9 Å². The van der Waals surface area contributed by atoms with Gasteiger partial charge in [0.1, 0.15) is 6.04 Å². The molecule has 0 aliphatic carbocycles. The Morgan fingerprint density at radius 3 is 1.95 bits per heavy atom. The van der Waals surface area contributed by atoms with Crippen LogP contribution in [-0.4, -0.2) is 36.8 Å². The second kappa shape index (κ2) is 21.5. The first-order valence-corrected chi connectivity index (χ1v) is 6.57. The van der Waals surface area contributed by atoms with E-state index in [-0.39, 0.29) is 37.2 Å². The van der Waals surface area contributed by atoms with Crippen molar-refractivity contribution in [2.75, 3.05) is 19.6 Å². The Bertz CT molecular complexity index is 201. The minimum atomic E-state index is -0.905. The highest BCUT2D eigenvalue weighted by Crippen LogP contribution is 1.99. The first-order chi connectivity index (χ1) is 8.18. The molecular formula is C12H30Cl3N3O2. The zero-order chi connectivity index (χ0) is 12.9. The fraction of sp³-hybridized carbons (Fsp3) is 0.917. The fourth-order valence-electron chi connectivity index (χ4n) is 1.61. The molecule has 0 fully saturated rings. The SMILES string of the molecule is Cl.Cl.Cl.NCCCCCCNCCCC[C@H](N)C(=O)O. The number of carboxylic acid groups (broad SMARTS) is 1. The molecule has 0 aromatic heterocycles. The monoisotopic (exact) mass is 353 g/mol. The number of halogens is 3. The number of carboxylic acids is 1. The fourth-order valence-corrected chi connectivity index (χ4v) is 1.61. The topological polar surface area (TPSA) is 101 Å². The maximum absolute atomic E-state index is 10.4. The highest BCUT2D eigenvalue weighted by atomic mass is 35.5. The maximum Gasteiger partial charge on any atom is 0.320 e. The van der Waals surface area contributed by atoms with Crippen LogP contribution in [0.5, 0.6) is 0 Å². The van der Waals surface area contributed by atoms with Crippen molar-refractivity contribution in [1.82, 2.24) is 5.32 Å². The van der Waals surface area contributed by atoms with Gasteiger partial charge in [-0.25, -0.2) is 0 Å². The van der Waals surface area contributed by atoms with Crippen LogP contribution in [0, 0.1) is 0 Å². The summed E-state index contributed by atoms with van der Waals surface area (Å²) in [5.74, 6) is -0.905. The van der Waals surface area contributed by atoms with Gasteiger partial charge in [0.25, 0.3) is 0 Å². The van der Waals surface area contributed by atoms with Gasteiger partial charge >= 0.3 is 5.97 Å². The average molecular weight is 355 g/mol. The molecule has 0 aliphatic heterocycles. The molecule has 0 bridgehead atoms. The molecule has 1 atom stereocenters. The summed E-state index contributed by atoms with van der Waals surface area (Å²) in [6.07, 6.45) is 7.17. The number of unbranched alkanes of at least 4 members (excludes halogenated alkanes) is 4. The van der Waals surface area contributed by atoms with E-state index >= 15 is 0 Å². The predicted octanol–water partition coefficient (Wildman–Crippen LogP) is 1.94. The lowest BCUT2D eigenvalue weighted by molar-refractivity contribution is -0.138. The molecule has 0 spiro atoms. The standard InChI is InChI=1S/C12H27N3O2.3ClH/c13-8-4-1-2-5-9-15-10-6-3-7-11(14)12(16)17;;;/h11,15H,1-10,13-14H2,(H,16,17);3*1H/t11-;;;/m0.../s1. The Hall–Kier alpha value is 0.220. The molecule has 0 aliphatic rings. The molecule has 126 valence electrons. The summed E-state index contributed by atoms with van der Waals surface area (Å²) in [6.45, 7) is 2.77. The van der Waals surface area contributed by atoms with E-state index in [4.69, 9.17) is 16.6 Å². The lowest BCUT2D eigenvalue weighted by Gasteiger charge is -2.07. The lowest BCUT2D eigenvalue weighted by atomic mass is 10.1. The minimum absolute atomic E-state index is 0. The van der Waals surface area contributed by atoms with Crippen molar-refractivity contribution in [3.63, 3.8) is 0 Å². The van der Waals surface area contributed by atoms with Crippen molar-refractivity contribution < 1.29 is 9.90 Å². The molecule has 0 rings (SSSR count). The Balaban J connectivity index is -0.000000427. The Labute approximate surface area is 140 Å². The summed E-state index contributed by atoms with van der Waals surface area (Å²) in [7, 11) is 0. The Morgan fingerprint density at radius 1 is 0.950 bits per heavy atom. The normalized spacial score (nSPS) is 10.7. The van der Waals surface area contributed by atoms with Crippen molar-refractivity contribution >= 4 is 43.2 Å². The molecule has 0 amide bonds. The lowest BCUT2D eigenvalue weighted by Crippen LogP contribution is -2.30. The number of carbonyl (C=O) groups is 1. The molecule has 0 heterocycles. The Morgan fingerprint density at radius 2 is 1.45 bits per heavy atom. The second-order valence-corrected chi connectivity index (χ2v) is 4.39. The molecule has 0 unspecified atom stereocenters. The number of nitrogens with one attached hydrogen (secondary N) is 1. The van der Waals surface area contributed by atoms with Crippen LogP contribution in [0.25, 0.3) is 0 Å². The largest absolute Gasteiger partial charge is 0.480 e. The van der Waals surface area contributed by atoms with Gasteiger partial charge in [-0.15, -0.1) is 37.2 Å². The van der Waals surface area contributed by atoms with Crippen LogP contribution in [0.4, 0.5) is 0 Å². The summed E-state index contributed by atoms with van der Waals surface area (Å²) in [6, 6.07) is -0.703. The molecule has 0 saturated carbocycles. The molecule has 0 radical (unpaired) electrons. The first kappa shape index (κ1) is 28.4. The third-order valence-corrected chi connectivity index (χ3v) is 2.74. The van der Waals surface area contributed by atoms with Crippen molar-refractivity contribution in [1.29, 1.82) is 0 Å². The first-order valence-electron chi connectivity index (χ1n) is 6.57. The highest BCUT2D eigenvalue weighted by molar-refractivity contribution is 5.86. The van der Waals surface area contributed by atoms with Crippen molar-refractivity contribution in [2.45, 2.75) is 51.0 Å². The zero-order valence-corrected chi connectivity index (χ0v) is 14.3. The van der Waals surface area contributed by atoms with Crippen LogP contribution in [0.2, 0.25) is 0 Å². The zero-order valence-electron chi connectivity index (χ0n) is 11.9. The van der Waals surface area contributed by atoms with Gasteiger partial charge in [0.05, 0.1) is 0 Å². The van der Waals surface area contributed by atoms with Crippen molar-refractivity contribution in [3.05, 3.63) is 0 Å². The van der Waals surface area contributed by atoms with Gasteiger partial charge in [0, 0.05) is 0 Å². The summed E-state index contributed by atoms with van der Waals surface area (Å²) < 4.78 is 0. The van der Waals surface area contributed by atoms with E-state index in [0.29, 0.717) is 6.42 Å². The maximum atomic E-state index is 10.4. The summed E-state index contributed by atoms with van der Waals surface area (Å²) in [4.78, 5) is 10.4. The van der Waals surface area contributed by atoms with Crippen LogP contribution >= 0.6 is 37.2 Å². The predicted molar refractivity (Wildman–Crippen MR) is 91.6 cm³/mol. The van der Waals surface area contributed by atoms with Crippen LogP contribution in [0.1, 0.15) is 44.9 Å². The number of nitrogens with two attached hydrogens (primary N) is 2. The molecule has 0 saturated heterocycles. The second-order valence-electron chi connectivity index (χ2n) is 4.39. The molecular weight excluding hydrogens is 325 g/mol. The van der Waals surface area contributed by atoms with E-state index in [2.05, 4.69) is 5.32 Å². The van der Waals surface area contributed by atoms with Crippen LogP contribution < -0.4 is 16.8 Å². The van der Waals surface area contributed by atoms with Gasteiger partial charge in [0.2, 0.25) is 0 Å². The van der Waals surface area contributed by atoms with Gasteiger partial charge in [-0.2, -0.15) is 0 Å². The van der Waals surface area contributed by atoms with E-state index in [9.17, 15) is 4.79 Å². The average Bonchev–Trinajstić information content (AvgIpc) is 2.31. The van der Waals surface area contributed by atoms with Gasteiger partial charge in [-0.05, 0) is 45.3 Å². The van der Waals surface area contributed by atoms with Gasteiger partial charge in [-0.3, -0.25) is 4.79 Å². The molecule has 0 aromatic rings. The van der Waals surface area contributed by atoms with Crippen LogP contribution in [0.3, 0.4) is 0 Å². The van der Waals surface area contributed by atoms with E-state index in [0.717, 1.165) is 38.9 Å². The van der Waals surface area contributed by atoms with Gasteiger partial charge in [0.15, 0.2) is 0 Å². The van der Waals surface area contributed by atoms with Crippen molar-refractivity contribution in [2.24, 2.45) is 11.5 Å². The van der Waals surface area contributed by atoms with E-state index in [1.807, 2.05) is 0 Å². The Kier molecular flexibility index (Phi) is 30.5. The van der Waals surface area contributed by atoms with Crippen molar-refractivity contribution in [3.8, 4) is 0 Å². The molecule has 6 N–H and O–H groups in total. The van der Waals surface area contributed by atoms with E-state index < -0.39 is 12.0 Å². The third-order valence-electron chi connectivity index (χ3n) is 2.74. The molecule has 0 aromatic carbocycles. The van der Waals surface area contributed by atoms with Gasteiger partial charge in [-0.1, -0.05) is 19.3 Å². The smallest absolute Gasteiger partial charge is 0.320 e. The number of rotatable bonds is 12. The molecule has 20 heavy (non-hydrogen) atoms. The quantitative estimate of drug-likeness (QED) is 0.401. The van der Waals surface area contributed by atoms with E-state index in [1.165, 1.54) is 19.3 Å². The summed E-state index contributed by atoms with van der Waals surface area (Å²) >= 11 is 0.